The predicted molar refractivity (Wildman–Crippen MR) is 37.6 cm³/mol. The second-order valence-corrected chi connectivity index (χ2v) is 1.99. The Labute approximate surface area is 68.8 Å². The van der Waals surface area contributed by atoms with Gasteiger partial charge in [-0.3, -0.25) is 4.90 Å². The molecule has 0 saturated carbocycles. The molecule has 72 valence electrons. The summed E-state index contributed by atoms with van der Waals surface area (Å²) in [5, 5.41) is 35.6. The van der Waals surface area contributed by atoms with Crippen molar-refractivity contribution >= 4 is 6.03 Å². The average molecular weight is 180 g/mol. The zero-order chi connectivity index (χ0) is 9.56. The summed E-state index contributed by atoms with van der Waals surface area (Å²) in [6.07, 6.45) is -1.65. The number of hydrogen-bond acceptors (Lipinski definition) is 5. The van der Waals surface area contributed by atoms with Gasteiger partial charge in [-0.1, -0.05) is 0 Å². The number of hydrogen-bond donors (Lipinski definition) is 5. The Bertz CT molecular complexity index is 136. The topological polar surface area (TPSA) is 113 Å². The number of aliphatic hydroxyl groups is 4. The second-order valence-electron chi connectivity index (χ2n) is 1.99. The molecule has 0 aliphatic rings. The SMILES string of the molecule is O=C(NCC(O)O)N(CO)CO. The first-order chi connectivity index (χ1) is 5.61. The molecule has 0 atom stereocenters. The first kappa shape index (κ1) is 11.1. The fourth-order valence-corrected chi connectivity index (χ4v) is 0.464. The highest BCUT2D eigenvalue weighted by molar-refractivity contribution is 5.73. The highest BCUT2D eigenvalue weighted by Gasteiger charge is 2.10. The molecule has 0 bridgehead atoms. The zero-order valence-electron chi connectivity index (χ0n) is 6.34. The third-order valence-corrected chi connectivity index (χ3v) is 1.06. The van der Waals surface area contributed by atoms with Crippen LogP contribution in [0, 0.1) is 0 Å². The fraction of sp³-hybridized carbons (Fsp3) is 0.800. The Morgan fingerprint density at radius 1 is 1.33 bits per heavy atom. The number of rotatable bonds is 4. The van der Waals surface area contributed by atoms with E-state index in [9.17, 15) is 4.79 Å². The van der Waals surface area contributed by atoms with Gasteiger partial charge in [-0.05, 0) is 0 Å². The maximum absolute atomic E-state index is 10.8. The molecular formula is C5H12N2O5. The number of nitrogens with zero attached hydrogens (tertiary/aromatic N) is 1. The maximum Gasteiger partial charge on any atom is 0.321 e. The van der Waals surface area contributed by atoms with Crippen LogP contribution in [0.15, 0.2) is 0 Å². The molecule has 5 N–H and O–H groups in total. The van der Waals surface area contributed by atoms with Crippen LogP contribution in [0.2, 0.25) is 0 Å². The molecule has 0 aromatic carbocycles. The summed E-state index contributed by atoms with van der Waals surface area (Å²) in [6.45, 7) is -1.62. The van der Waals surface area contributed by atoms with Crippen molar-refractivity contribution in [3.8, 4) is 0 Å². The van der Waals surface area contributed by atoms with Gasteiger partial charge in [-0.15, -0.1) is 0 Å². The van der Waals surface area contributed by atoms with Crippen LogP contribution in [0.3, 0.4) is 0 Å². The van der Waals surface area contributed by atoms with Gasteiger partial charge in [0.1, 0.15) is 13.5 Å². The lowest BCUT2D eigenvalue weighted by atomic mass is 10.6. The maximum atomic E-state index is 10.8. The van der Waals surface area contributed by atoms with Crippen molar-refractivity contribution in [2.75, 3.05) is 20.0 Å². The molecule has 0 rings (SSSR count). The molecule has 0 heterocycles. The van der Waals surface area contributed by atoms with Crippen LogP contribution >= 0.6 is 0 Å². The minimum absolute atomic E-state index is 0.352. The summed E-state index contributed by atoms with van der Waals surface area (Å²) in [5.41, 5.74) is 0. The lowest BCUT2D eigenvalue weighted by Gasteiger charge is -2.17. The van der Waals surface area contributed by atoms with Crippen molar-refractivity contribution in [1.82, 2.24) is 10.2 Å². The van der Waals surface area contributed by atoms with Gasteiger partial charge in [0.15, 0.2) is 6.29 Å². The van der Waals surface area contributed by atoms with Crippen LogP contribution in [-0.2, 0) is 0 Å². The number of carbonyl (C=O) groups excluding carboxylic acids is 1. The van der Waals surface area contributed by atoms with Gasteiger partial charge in [0.25, 0.3) is 0 Å². The minimum atomic E-state index is -1.65. The van der Waals surface area contributed by atoms with Crippen LogP contribution < -0.4 is 5.32 Å². The average Bonchev–Trinajstić information content (AvgIpc) is 2.03. The second kappa shape index (κ2) is 5.72. The summed E-state index contributed by atoms with van der Waals surface area (Å²) in [7, 11) is 0. The van der Waals surface area contributed by atoms with Crippen molar-refractivity contribution < 1.29 is 25.2 Å². The Morgan fingerprint density at radius 2 is 1.83 bits per heavy atom. The van der Waals surface area contributed by atoms with Crippen LogP contribution in [0.25, 0.3) is 0 Å². The summed E-state index contributed by atoms with van der Waals surface area (Å²) in [4.78, 5) is 11.5. The van der Waals surface area contributed by atoms with Gasteiger partial charge in [0, 0.05) is 0 Å². The number of aliphatic hydroxyl groups excluding tert-OH is 3. The molecule has 0 unspecified atom stereocenters. The summed E-state index contributed by atoms with van der Waals surface area (Å²) < 4.78 is 0. The molecule has 12 heavy (non-hydrogen) atoms. The van der Waals surface area contributed by atoms with Gasteiger partial charge < -0.3 is 25.7 Å². The molecule has 0 fully saturated rings. The smallest absolute Gasteiger partial charge is 0.321 e. The quantitative estimate of drug-likeness (QED) is 0.300. The van der Waals surface area contributed by atoms with Crippen molar-refractivity contribution in [3.05, 3.63) is 0 Å². The third-order valence-electron chi connectivity index (χ3n) is 1.06. The van der Waals surface area contributed by atoms with E-state index in [4.69, 9.17) is 20.4 Å². The van der Waals surface area contributed by atoms with E-state index in [1.165, 1.54) is 0 Å². The fourth-order valence-electron chi connectivity index (χ4n) is 0.464. The van der Waals surface area contributed by atoms with Crippen molar-refractivity contribution in [3.63, 3.8) is 0 Å². The van der Waals surface area contributed by atoms with Crippen LogP contribution in [0.1, 0.15) is 0 Å². The predicted octanol–water partition coefficient (Wildman–Crippen LogP) is -2.79. The van der Waals surface area contributed by atoms with E-state index >= 15 is 0 Å². The normalized spacial score (nSPS) is 10.1. The standard InChI is InChI=1S/C5H12N2O5/c8-2-7(3-9)5(12)6-1-4(10)11/h4,8-11H,1-3H2,(H,6,12). The van der Waals surface area contributed by atoms with Gasteiger partial charge >= 0.3 is 6.03 Å². The summed E-state index contributed by atoms with van der Waals surface area (Å²) in [5.74, 6) is 0. The van der Waals surface area contributed by atoms with Gasteiger partial charge in [-0.2, -0.15) is 0 Å². The molecule has 0 radical (unpaired) electrons. The third kappa shape index (κ3) is 4.09. The highest BCUT2D eigenvalue weighted by atomic mass is 16.5. The van der Waals surface area contributed by atoms with Crippen molar-refractivity contribution in [1.29, 1.82) is 0 Å². The van der Waals surface area contributed by atoms with E-state index in [0.717, 1.165) is 0 Å². The van der Waals surface area contributed by atoms with Crippen LogP contribution in [-0.4, -0.2) is 57.7 Å². The highest BCUT2D eigenvalue weighted by Crippen LogP contribution is 1.84. The number of nitrogens with one attached hydrogen (secondary N) is 1. The van der Waals surface area contributed by atoms with Crippen molar-refractivity contribution in [2.24, 2.45) is 0 Å². The van der Waals surface area contributed by atoms with E-state index in [0.29, 0.717) is 4.90 Å². The lowest BCUT2D eigenvalue weighted by Crippen LogP contribution is -2.43. The van der Waals surface area contributed by atoms with Gasteiger partial charge in [0.05, 0.1) is 6.54 Å². The Balaban J connectivity index is 3.69. The first-order valence-corrected chi connectivity index (χ1v) is 3.22. The van der Waals surface area contributed by atoms with E-state index in [-0.39, 0.29) is 6.54 Å². The van der Waals surface area contributed by atoms with Gasteiger partial charge in [0.2, 0.25) is 0 Å². The number of amides is 2. The van der Waals surface area contributed by atoms with E-state index in [2.05, 4.69) is 5.32 Å². The number of carbonyl (C=O) groups is 1. The number of urea groups is 1. The summed E-state index contributed by atoms with van der Waals surface area (Å²) in [6, 6.07) is -0.770. The van der Waals surface area contributed by atoms with Crippen LogP contribution in [0.4, 0.5) is 4.79 Å². The Morgan fingerprint density at radius 3 is 2.17 bits per heavy atom. The molecule has 0 aliphatic carbocycles. The summed E-state index contributed by atoms with van der Waals surface area (Å²) >= 11 is 0. The zero-order valence-corrected chi connectivity index (χ0v) is 6.34. The largest absolute Gasteiger partial charge is 0.376 e. The Kier molecular flexibility index (Phi) is 5.30. The Hall–Kier alpha value is -0.890. The monoisotopic (exact) mass is 180 g/mol. The van der Waals surface area contributed by atoms with Crippen LogP contribution in [0.5, 0.6) is 0 Å². The first-order valence-electron chi connectivity index (χ1n) is 3.22. The van der Waals surface area contributed by atoms with Crippen molar-refractivity contribution in [2.45, 2.75) is 6.29 Å². The molecule has 0 spiro atoms. The molecule has 0 aromatic rings. The minimum Gasteiger partial charge on any atom is -0.376 e. The van der Waals surface area contributed by atoms with Gasteiger partial charge in [-0.25, -0.2) is 4.79 Å². The molecule has 2 amide bonds. The molecule has 7 heteroatoms. The molecular weight excluding hydrogens is 168 g/mol. The molecule has 0 saturated heterocycles. The van der Waals surface area contributed by atoms with E-state index in [1.54, 1.807) is 0 Å². The molecule has 0 aliphatic heterocycles. The molecule has 0 aromatic heterocycles. The molecule has 7 nitrogen and oxygen atoms in total. The van der Waals surface area contributed by atoms with E-state index < -0.39 is 25.8 Å². The lowest BCUT2D eigenvalue weighted by molar-refractivity contribution is -0.0372. The van der Waals surface area contributed by atoms with E-state index in [1.807, 2.05) is 0 Å².